The Bertz CT molecular complexity index is 1810. The number of hydrogen-bond acceptors (Lipinski definition) is 6. The van der Waals surface area contributed by atoms with Gasteiger partial charge >= 0.3 is 0 Å². The number of allylic oxidation sites excluding steroid dienone is 2. The fourth-order valence-corrected chi connectivity index (χ4v) is 8.33. The number of anilines is 1. The van der Waals surface area contributed by atoms with E-state index < -0.39 is 52.6 Å². The number of nitrogens with zero attached hydrogens (tertiary/aromatic N) is 2. The van der Waals surface area contributed by atoms with E-state index in [1.165, 1.54) is 23.1 Å². The Kier molecular flexibility index (Phi) is 6.85. The number of phenols is 2. The number of imide groups is 2. The second-order valence-corrected chi connectivity index (χ2v) is 13.0. The molecule has 2 heterocycles. The summed E-state index contributed by atoms with van der Waals surface area (Å²) in [6.45, 7) is 1.93. The average molecular weight is 629 g/mol. The van der Waals surface area contributed by atoms with Gasteiger partial charge in [-0.3, -0.25) is 24.1 Å². The molecular formula is C35H30ClFN2O6. The van der Waals surface area contributed by atoms with E-state index in [0.717, 1.165) is 22.1 Å². The first-order chi connectivity index (χ1) is 21.5. The Hall–Kier alpha value is -4.50. The minimum atomic E-state index is -1.29. The molecule has 45 heavy (non-hydrogen) atoms. The van der Waals surface area contributed by atoms with Crippen LogP contribution in [0.25, 0.3) is 0 Å². The van der Waals surface area contributed by atoms with Crippen LogP contribution in [0.1, 0.15) is 36.8 Å². The van der Waals surface area contributed by atoms with Crippen molar-refractivity contribution >= 4 is 40.9 Å². The van der Waals surface area contributed by atoms with Crippen LogP contribution in [0, 0.1) is 34.9 Å². The Morgan fingerprint density at radius 3 is 2.38 bits per heavy atom. The smallest absolute Gasteiger partial charge is 0.241 e. The standard InChI is InChI=1S/C35H30ClFN2O6/c1-35-26(32(43)39(34(35)45)20-7-12-28(37)27(36)16-20)17-25-23(30(35)19-3-2-4-22(41)15-19)10-11-24-29(25)33(44)38(31(24)42)14-13-18-5-8-21(40)9-6-18/h2-10,12,15-16,24-26,29-30,40-41H,11,13-14,17H2,1H3/t24-,25+,26-,29-,30-,35+/m0/s1. The minimum absolute atomic E-state index is 0.00414. The molecule has 230 valence electrons. The van der Waals surface area contributed by atoms with Gasteiger partial charge in [0.05, 0.1) is 33.9 Å². The normalized spacial score (nSPS) is 29.0. The molecule has 0 aromatic heterocycles. The van der Waals surface area contributed by atoms with Crippen LogP contribution in [0.4, 0.5) is 10.1 Å². The fraction of sp³-hybridized carbons (Fsp3) is 0.314. The summed E-state index contributed by atoms with van der Waals surface area (Å²) in [6, 6.07) is 16.9. The summed E-state index contributed by atoms with van der Waals surface area (Å²) >= 11 is 6.05. The van der Waals surface area contributed by atoms with Crippen molar-refractivity contribution in [3.63, 3.8) is 0 Å². The Morgan fingerprint density at radius 2 is 1.67 bits per heavy atom. The van der Waals surface area contributed by atoms with Crippen molar-refractivity contribution in [2.24, 2.45) is 29.1 Å². The molecule has 3 aromatic rings. The highest BCUT2D eigenvalue weighted by molar-refractivity contribution is 6.31. The molecule has 8 nitrogen and oxygen atoms in total. The topological polar surface area (TPSA) is 115 Å². The summed E-state index contributed by atoms with van der Waals surface area (Å²) in [5, 5.41) is 19.8. The van der Waals surface area contributed by atoms with Crippen LogP contribution in [-0.4, -0.2) is 45.3 Å². The van der Waals surface area contributed by atoms with E-state index in [0.29, 0.717) is 18.4 Å². The van der Waals surface area contributed by atoms with Crippen molar-refractivity contribution < 1.29 is 33.8 Å². The van der Waals surface area contributed by atoms with Crippen LogP contribution < -0.4 is 4.90 Å². The number of rotatable bonds is 5. The lowest BCUT2D eigenvalue weighted by Crippen LogP contribution is -2.48. The van der Waals surface area contributed by atoms with Crippen molar-refractivity contribution in [2.75, 3.05) is 11.4 Å². The maximum absolute atomic E-state index is 14.4. The number of phenolic OH excluding ortho intramolecular Hbond substituents is 2. The van der Waals surface area contributed by atoms with Crippen LogP contribution in [-0.2, 0) is 25.6 Å². The van der Waals surface area contributed by atoms with E-state index in [1.54, 1.807) is 49.4 Å². The minimum Gasteiger partial charge on any atom is -0.508 e. The summed E-state index contributed by atoms with van der Waals surface area (Å²) in [5.74, 6) is -5.33. The Balaban J connectivity index is 1.28. The van der Waals surface area contributed by atoms with Crippen molar-refractivity contribution in [1.29, 1.82) is 0 Å². The van der Waals surface area contributed by atoms with Gasteiger partial charge in [-0.1, -0.05) is 47.5 Å². The molecule has 3 fully saturated rings. The highest BCUT2D eigenvalue weighted by Gasteiger charge is 2.67. The second-order valence-electron chi connectivity index (χ2n) is 12.6. The Labute approximate surface area is 263 Å². The lowest BCUT2D eigenvalue weighted by molar-refractivity contribution is -0.140. The number of likely N-dealkylation sites (tertiary alicyclic amines) is 1. The fourth-order valence-electron chi connectivity index (χ4n) is 8.16. The van der Waals surface area contributed by atoms with E-state index in [1.807, 2.05) is 6.08 Å². The van der Waals surface area contributed by atoms with Gasteiger partial charge in [-0.15, -0.1) is 0 Å². The van der Waals surface area contributed by atoms with Crippen molar-refractivity contribution in [3.8, 4) is 11.5 Å². The zero-order valence-electron chi connectivity index (χ0n) is 24.3. The van der Waals surface area contributed by atoms with Crippen LogP contribution in [0.5, 0.6) is 11.5 Å². The highest BCUT2D eigenvalue weighted by Crippen LogP contribution is 2.63. The van der Waals surface area contributed by atoms with Crippen LogP contribution in [0.15, 0.2) is 78.4 Å². The van der Waals surface area contributed by atoms with E-state index in [4.69, 9.17) is 11.6 Å². The quantitative estimate of drug-likeness (QED) is 0.290. The lowest BCUT2D eigenvalue weighted by Gasteiger charge is -2.49. The predicted molar refractivity (Wildman–Crippen MR) is 163 cm³/mol. The molecule has 0 spiro atoms. The number of carbonyl (C=O) groups is 4. The lowest BCUT2D eigenvalue weighted by atomic mass is 9.51. The molecule has 3 aromatic carbocycles. The molecule has 2 aliphatic carbocycles. The van der Waals surface area contributed by atoms with Gasteiger partial charge < -0.3 is 10.2 Å². The summed E-state index contributed by atoms with van der Waals surface area (Å²) in [7, 11) is 0. The number of aromatic hydroxyl groups is 2. The molecule has 2 aliphatic heterocycles. The van der Waals surface area contributed by atoms with Crippen LogP contribution in [0.2, 0.25) is 5.02 Å². The number of halogens is 2. The van der Waals surface area contributed by atoms with E-state index in [9.17, 15) is 33.8 Å². The maximum Gasteiger partial charge on any atom is 0.241 e. The number of benzene rings is 3. The summed E-state index contributed by atoms with van der Waals surface area (Å²) in [4.78, 5) is 58.6. The van der Waals surface area contributed by atoms with Crippen molar-refractivity contribution in [2.45, 2.75) is 32.1 Å². The van der Waals surface area contributed by atoms with Gasteiger partial charge in [0, 0.05) is 12.5 Å². The molecule has 7 rings (SSSR count). The van der Waals surface area contributed by atoms with Gasteiger partial charge in [0.15, 0.2) is 0 Å². The van der Waals surface area contributed by atoms with Crippen molar-refractivity contribution in [1.82, 2.24) is 4.90 Å². The predicted octanol–water partition coefficient (Wildman–Crippen LogP) is 5.36. The molecule has 4 amide bonds. The summed E-state index contributed by atoms with van der Waals surface area (Å²) in [5.41, 5.74) is 1.17. The molecule has 0 unspecified atom stereocenters. The van der Waals surface area contributed by atoms with E-state index >= 15 is 0 Å². The maximum atomic E-state index is 14.4. The number of hydrogen-bond donors (Lipinski definition) is 2. The second kappa shape index (κ2) is 10.5. The third-order valence-corrected chi connectivity index (χ3v) is 10.6. The third-order valence-electron chi connectivity index (χ3n) is 10.3. The molecule has 0 radical (unpaired) electrons. The number of amides is 4. The zero-order chi connectivity index (χ0) is 31.8. The van der Waals surface area contributed by atoms with Gasteiger partial charge in [-0.05, 0) is 85.7 Å². The molecule has 0 bridgehead atoms. The van der Waals surface area contributed by atoms with Gasteiger partial charge in [0.2, 0.25) is 23.6 Å². The SMILES string of the molecule is C[C@@]12C(=O)N(c3ccc(F)c(Cl)c3)C(=O)[C@@H]1C[C@@H]1C(=CC[C@@H]3C(=O)N(CCc4ccc(O)cc4)C(=O)[C@@H]31)[C@@H]2c1cccc(O)c1. The van der Waals surface area contributed by atoms with E-state index in [2.05, 4.69) is 0 Å². The number of carbonyl (C=O) groups excluding carboxylic acids is 4. The van der Waals surface area contributed by atoms with Crippen molar-refractivity contribution in [3.05, 3.63) is 100 Å². The monoisotopic (exact) mass is 628 g/mol. The molecule has 2 saturated heterocycles. The first kappa shape index (κ1) is 29.2. The first-order valence-electron chi connectivity index (χ1n) is 15.0. The van der Waals surface area contributed by atoms with Gasteiger partial charge in [-0.25, -0.2) is 9.29 Å². The molecule has 6 atom stereocenters. The van der Waals surface area contributed by atoms with Gasteiger partial charge in [0.1, 0.15) is 17.3 Å². The molecule has 2 N–H and O–H groups in total. The van der Waals surface area contributed by atoms with E-state index in [-0.39, 0.29) is 47.0 Å². The third kappa shape index (κ3) is 4.39. The average Bonchev–Trinajstić information content (AvgIpc) is 3.37. The van der Waals surface area contributed by atoms with Gasteiger partial charge in [-0.2, -0.15) is 0 Å². The molecular weight excluding hydrogens is 599 g/mol. The molecule has 1 saturated carbocycles. The summed E-state index contributed by atoms with van der Waals surface area (Å²) < 4.78 is 14.0. The van der Waals surface area contributed by atoms with Crippen LogP contribution >= 0.6 is 11.6 Å². The number of fused-ring (bicyclic) bond motifs is 4. The largest absolute Gasteiger partial charge is 0.508 e. The van der Waals surface area contributed by atoms with Gasteiger partial charge in [0.25, 0.3) is 0 Å². The molecule has 10 heteroatoms. The first-order valence-corrected chi connectivity index (χ1v) is 15.3. The Morgan fingerprint density at radius 1 is 0.911 bits per heavy atom. The summed E-state index contributed by atoms with van der Waals surface area (Å²) in [6.07, 6.45) is 2.87. The highest BCUT2D eigenvalue weighted by atomic mass is 35.5. The zero-order valence-corrected chi connectivity index (χ0v) is 25.1. The molecule has 4 aliphatic rings. The van der Waals surface area contributed by atoms with Crippen LogP contribution in [0.3, 0.4) is 0 Å².